The second-order valence-corrected chi connectivity index (χ2v) is 5.22. The quantitative estimate of drug-likeness (QED) is 0.744. The lowest BCUT2D eigenvalue weighted by Crippen LogP contribution is -2.18. The van der Waals surface area contributed by atoms with Crippen molar-refractivity contribution in [1.29, 1.82) is 0 Å². The Labute approximate surface area is 137 Å². The summed E-state index contributed by atoms with van der Waals surface area (Å²) in [6.07, 6.45) is 1.08. The van der Waals surface area contributed by atoms with E-state index in [-0.39, 0.29) is 17.2 Å². The van der Waals surface area contributed by atoms with E-state index in [0.29, 0.717) is 24.5 Å². The topological polar surface area (TPSA) is 101 Å². The molecule has 0 spiro atoms. The lowest BCUT2D eigenvalue weighted by atomic mass is 10.2. The Morgan fingerprint density at radius 3 is 2.75 bits per heavy atom. The van der Waals surface area contributed by atoms with E-state index in [2.05, 4.69) is 20.4 Å². The Morgan fingerprint density at radius 2 is 2.08 bits per heavy atom. The number of benzene rings is 1. The summed E-state index contributed by atoms with van der Waals surface area (Å²) in [6, 6.07) is 8.52. The molecule has 1 amide bonds. The highest BCUT2D eigenvalue weighted by atomic mass is 16.5. The molecule has 8 nitrogen and oxygen atoms in total. The van der Waals surface area contributed by atoms with Gasteiger partial charge in [0.25, 0.3) is 5.56 Å². The molecule has 2 aromatic heterocycles. The maximum absolute atomic E-state index is 11.8. The van der Waals surface area contributed by atoms with Crippen molar-refractivity contribution in [3.63, 3.8) is 0 Å². The number of carbonyl (C=O) groups is 1. The van der Waals surface area contributed by atoms with Gasteiger partial charge in [0.2, 0.25) is 11.7 Å². The molecule has 0 fully saturated rings. The Kier molecular flexibility index (Phi) is 4.28. The van der Waals surface area contributed by atoms with E-state index in [0.717, 1.165) is 11.3 Å². The van der Waals surface area contributed by atoms with Crippen LogP contribution in [0.25, 0.3) is 17.2 Å². The van der Waals surface area contributed by atoms with Crippen molar-refractivity contribution in [1.82, 2.24) is 19.6 Å². The van der Waals surface area contributed by atoms with Crippen molar-refractivity contribution >= 4 is 17.5 Å². The van der Waals surface area contributed by atoms with Crippen molar-refractivity contribution in [2.24, 2.45) is 0 Å². The van der Waals surface area contributed by atoms with Crippen molar-refractivity contribution in [2.75, 3.05) is 12.4 Å². The van der Waals surface area contributed by atoms with E-state index in [1.165, 1.54) is 10.6 Å². The van der Waals surface area contributed by atoms with Gasteiger partial charge in [-0.15, -0.1) is 5.10 Å². The van der Waals surface area contributed by atoms with Gasteiger partial charge in [0.05, 0.1) is 7.11 Å². The second kappa shape index (κ2) is 6.53. The van der Waals surface area contributed by atoms with Gasteiger partial charge in [0, 0.05) is 18.1 Å². The minimum Gasteiger partial charge on any atom is -0.497 e. The van der Waals surface area contributed by atoms with Gasteiger partial charge in [-0.2, -0.15) is 9.50 Å². The summed E-state index contributed by atoms with van der Waals surface area (Å²) in [4.78, 5) is 30.5. The number of aromatic nitrogens is 4. The number of nitrogens with one attached hydrogen (secondary N) is 2. The Morgan fingerprint density at radius 1 is 1.33 bits per heavy atom. The average Bonchev–Trinajstić information content (AvgIpc) is 2.99. The Bertz CT molecular complexity index is 927. The van der Waals surface area contributed by atoms with Crippen LogP contribution in [0.5, 0.6) is 5.75 Å². The van der Waals surface area contributed by atoms with Gasteiger partial charge < -0.3 is 10.1 Å². The number of carbonyl (C=O) groups excluding carboxylic acids is 1. The summed E-state index contributed by atoms with van der Waals surface area (Å²) in [5, 5.41) is 7.06. The molecule has 0 aliphatic carbocycles. The molecule has 0 radical (unpaired) electrons. The largest absolute Gasteiger partial charge is 0.497 e. The molecule has 0 saturated heterocycles. The lowest BCUT2D eigenvalue weighted by molar-refractivity contribution is -0.116. The minimum absolute atomic E-state index is 0.175. The molecule has 124 valence electrons. The Hall–Kier alpha value is -3.16. The smallest absolute Gasteiger partial charge is 0.254 e. The predicted octanol–water partition coefficient (Wildman–Crippen LogP) is 1.83. The first kappa shape index (κ1) is 15.7. The van der Waals surface area contributed by atoms with Crippen molar-refractivity contribution in [3.05, 3.63) is 40.7 Å². The van der Waals surface area contributed by atoms with Crippen LogP contribution >= 0.6 is 0 Å². The third kappa shape index (κ3) is 3.12. The summed E-state index contributed by atoms with van der Waals surface area (Å²) in [6.45, 7) is 1.91. The highest BCUT2D eigenvalue weighted by Crippen LogP contribution is 2.20. The molecule has 3 aromatic rings. The highest BCUT2D eigenvalue weighted by molar-refractivity contribution is 5.89. The molecular formula is C16H17N5O3. The standard InChI is InChI=1S/C16H17N5O3/c1-3-4-13(22)17-12-9-14(23)18-16-19-15(20-21(12)16)10-5-7-11(24-2)8-6-10/h5-9H,3-4H2,1-2H3,(H,17,22)(H,18,19,20,23). The van der Waals surface area contributed by atoms with Gasteiger partial charge in [-0.05, 0) is 30.7 Å². The van der Waals surface area contributed by atoms with E-state index < -0.39 is 0 Å². The molecule has 0 unspecified atom stereocenters. The maximum Gasteiger partial charge on any atom is 0.254 e. The maximum atomic E-state index is 11.8. The second-order valence-electron chi connectivity index (χ2n) is 5.22. The van der Waals surface area contributed by atoms with Gasteiger partial charge in [-0.1, -0.05) is 6.92 Å². The zero-order chi connectivity index (χ0) is 17.1. The lowest BCUT2D eigenvalue weighted by Gasteiger charge is -2.05. The summed E-state index contributed by atoms with van der Waals surface area (Å²) >= 11 is 0. The Balaban J connectivity index is 2.03. The fraction of sp³-hybridized carbons (Fsp3) is 0.250. The number of hydrogen-bond donors (Lipinski definition) is 2. The van der Waals surface area contributed by atoms with Gasteiger partial charge in [0.1, 0.15) is 11.6 Å². The molecule has 8 heteroatoms. The number of amides is 1. The summed E-state index contributed by atoms with van der Waals surface area (Å²) in [5.41, 5.74) is 0.411. The van der Waals surface area contributed by atoms with Crippen LogP contribution in [0.4, 0.5) is 5.82 Å². The number of nitrogens with zero attached hydrogens (tertiary/aromatic N) is 3. The molecule has 24 heavy (non-hydrogen) atoms. The fourth-order valence-corrected chi connectivity index (χ4v) is 2.28. The van der Waals surface area contributed by atoms with E-state index in [1.807, 2.05) is 19.1 Å². The number of rotatable bonds is 5. The third-order valence-electron chi connectivity index (χ3n) is 3.43. The summed E-state index contributed by atoms with van der Waals surface area (Å²) in [7, 11) is 1.59. The molecule has 0 atom stereocenters. The SMILES string of the molecule is CCCC(=O)Nc1cc(=O)[nH]c2nc(-c3ccc(OC)cc3)nn12. The van der Waals surface area contributed by atoms with Crippen LogP contribution in [-0.4, -0.2) is 32.6 Å². The summed E-state index contributed by atoms with van der Waals surface area (Å²) in [5.74, 6) is 1.54. The van der Waals surface area contributed by atoms with Gasteiger partial charge in [-0.3, -0.25) is 14.6 Å². The van der Waals surface area contributed by atoms with Gasteiger partial charge in [0.15, 0.2) is 5.82 Å². The van der Waals surface area contributed by atoms with Crippen LogP contribution < -0.4 is 15.6 Å². The predicted molar refractivity (Wildman–Crippen MR) is 89.1 cm³/mol. The molecule has 0 aliphatic rings. The van der Waals surface area contributed by atoms with Crippen LogP contribution in [0.15, 0.2) is 35.1 Å². The zero-order valence-corrected chi connectivity index (χ0v) is 13.4. The number of fused-ring (bicyclic) bond motifs is 1. The molecule has 0 bridgehead atoms. The zero-order valence-electron chi connectivity index (χ0n) is 13.4. The summed E-state index contributed by atoms with van der Waals surface area (Å²) < 4.78 is 6.54. The highest BCUT2D eigenvalue weighted by Gasteiger charge is 2.12. The molecule has 1 aromatic carbocycles. The first-order chi connectivity index (χ1) is 11.6. The van der Waals surface area contributed by atoms with E-state index in [4.69, 9.17) is 4.74 Å². The monoisotopic (exact) mass is 327 g/mol. The van der Waals surface area contributed by atoms with E-state index in [1.54, 1.807) is 19.2 Å². The molecule has 2 heterocycles. The van der Waals surface area contributed by atoms with Crippen LogP contribution in [0.3, 0.4) is 0 Å². The molecular weight excluding hydrogens is 310 g/mol. The normalized spacial score (nSPS) is 10.8. The number of H-pyrrole nitrogens is 1. The number of methoxy groups -OCH3 is 1. The molecule has 0 saturated carbocycles. The molecule has 3 rings (SSSR count). The first-order valence-electron chi connectivity index (χ1n) is 7.55. The molecule has 0 aliphatic heterocycles. The fourth-order valence-electron chi connectivity index (χ4n) is 2.28. The third-order valence-corrected chi connectivity index (χ3v) is 3.43. The first-order valence-corrected chi connectivity index (χ1v) is 7.55. The number of anilines is 1. The average molecular weight is 327 g/mol. The van der Waals surface area contributed by atoms with Gasteiger partial charge >= 0.3 is 0 Å². The van der Waals surface area contributed by atoms with Crippen molar-refractivity contribution in [2.45, 2.75) is 19.8 Å². The number of aromatic amines is 1. The molecule has 2 N–H and O–H groups in total. The minimum atomic E-state index is -0.358. The number of hydrogen-bond acceptors (Lipinski definition) is 5. The number of ether oxygens (including phenoxy) is 1. The van der Waals surface area contributed by atoms with Crippen molar-refractivity contribution < 1.29 is 9.53 Å². The van der Waals surface area contributed by atoms with E-state index >= 15 is 0 Å². The van der Waals surface area contributed by atoms with Crippen LogP contribution in [-0.2, 0) is 4.79 Å². The van der Waals surface area contributed by atoms with E-state index in [9.17, 15) is 9.59 Å². The van der Waals surface area contributed by atoms with Gasteiger partial charge in [-0.25, -0.2) is 0 Å². The van der Waals surface area contributed by atoms with Crippen LogP contribution in [0.1, 0.15) is 19.8 Å². The van der Waals surface area contributed by atoms with Crippen LogP contribution in [0, 0.1) is 0 Å². The van der Waals surface area contributed by atoms with Crippen molar-refractivity contribution in [3.8, 4) is 17.1 Å². The van der Waals surface area contributed by atoms with Crippen LogP contribution in [0.2, 0.25) is 0 Å².